The quantitative estimate of drug-likeness (QED) is 0.390. The van der Waals surface area contributed by atoms with Crippen LogP contribution in [0.4, 0.5) is 23.0 Å². The summed E-state index contributed by atoms with van der Waals surface area (Å²) < 4.78 is 35.9. The second-order valence-electron chi connectivity index (χ2n) is 5.62. The lowest BCUT2D eigenvalue weighted by atomic mass is 10.1. The van der Waals surface area contributed by atoms with E-state index in [9.17, 15) is 18.0 Å². The van der Waals surface area contributed by atoms with Crippen molar-refractivity contribution in [3.63, 3.8) is 0 Å². The normalized spacial score (nSPS) is 11.5. The number of unbranched alkanes of at least 4 members (excludes halogenated alkanes) is 7. The number of thiophene rings is 1. The van der Waals surface area contributed by atoms with Gasteiger partial charge in [0.15, 0.2) is 0 Å². The molecule has 0 unspecified atom stereocenters. The molecule has 3 nitrogen and oxygen atoms in total. The zero-order valence-corrected chi connectivity index (χ0v) is 14.3. The highest BCUT2D eigenvalue weighted by Crippen LogP contribution is 2.22. The maximum absolute atomic E-state index is 12.0. The van der Waals surface area contributed by atoms with Crippen molar-refractivity contribution in [1.82, 2.24) is 5.32 Å². The summed E-state index contributed by atoms with van der Waals surface area (Å²) in [6.45, 7) is 2.21. The molecule has 0 aromatic carbocycles. The molecule has 0 bridgehead atoms. The minimum atomic E-state index is -4.71. The molecule has 0 aliphatic rings. The van der Waals surface area contributed by atoms with Crippen molar-refractivity contribution in [3.05, 3.63) is 17.0 Å². The van der Waals surface area contributed by atoms with Gasteiger partial charge in [-0.1, -0.05) is 51.9 Å². The van der Waals surface area contributed by atoms with Gasteiger partial charge in [0.1, 0.15) is 0 Å². The summed E-state index contributed by atoms with van der Waals surface area (Å²) in [6, 6.07) is 0.486. The highest BCUT2D eigenvalue weighted by atomic mass is 32.1. The molecular weight excluding hydrogens is 325 g/mol. The zero-order chi connectivity index (χ0) is 17.1. The molecule has 23 heavy (non-hydrogen) atoms. The third kappa shape index (κ3) is 10.2. The van der Waals surface area contributed by atoms with Crippen LogP contribution in [0.1, 0.15) is 63.9 Å². The molecule has 0 radical (unpaired) electrons. The summed E-state index contributed by atoms with van der Waals surface area (Å²) in [7, 11) is 0. The number of urea groups is 1. The number of halogens is 3. The van der Waals surface area contributed by atoms with Gasteiger partial charge in [-0.3, -0.25) is 5.32 Å². The van der Waals surface area contributed by atoms with E-state index < -0.39 is 12.3 Å². The number of rotatable bonds is 10. The minimum Gasteiger partial charge on any atom is -0.299 e. The Balaban J connectivity index is 2.15. The average Bonchev–Trinajstić information content (AvgIpc) is 2.87. The molecule has 0 fully saturated rings. The van der Waals surface area contributed by atoms with Crippen molar-refractivity contribution in [3.8, 4) is 0 Å². The van der Waals surface area contributed by atoms with Crippen molar-refractivity contribution in [1.29, 1.82) is 0 Å². The number of alkyl halides is 3. The van der Waals surface area contributed by atoms with Crippen LogP contribution in [0, 0.1) is 0 Å². The molecule has 7 heteroatoms. The Morgan fingerprint density at radius 2 is 1.70 bits per heavy atom. The summed E-state index contributed by atoms with van der Waals surface area (Å²) in [5, 5.41) is 5.42. The highest BCUT2D eigenvalue weighted by Gasteiger charge is 2.30. The molecule has 2 amide bonds. The van der Waals surface area contributed by atoms with E-state index in [0.29, 0.717) is 5.00 Å². The molecule has 0 spiro atoms. The molecule has 132 valence electrons. The van der Waals surface area contributed by atoms with Crippen LogP contribution >= 0.6 is 11.3 Å². The molecular formula is C16H25F3N2OS. The molecule has 0 saturated heterocycles. The fourth-order valence-corrected chi connectivity index (χ4v) is 3.14. The van der Waals surface area contributed by atoms with E-state index in [1.165, 1.54) is 56.3 Å². The van der Waals surface area contributed by atoms with E-state index in [4.69, 9.17) is 0 Å². The Kier molecular flexibility index (Phi) is 9.06. The Hall–Kier alpha value is -1.24. The van der Waals surface area contributed by atoms with E-state index in [1.54, 1.807) is 6.07 Å². The number of anilines is 1. The number of carbonyl (C=O) groups is 1. The zero-order valence-electron chi connectivity index (χ0n) is 13.5. The maximum atomic E-state index is 12.0. The first-order valence-electron chi connectivity index (χ1n) is 8.14. The lowest BCUT2D eigenvalue weighted by molar-refractivity contribution is -0.144. The van der Waals surface area contributed by atoms with Gasteiger partial charge < -0.3 is 0 Å². The summed E-state index contributed by atoms with van der Waals surface area (Å²) in [4.78, 5) is 11.1. The van der Waals surface area contributed by atoms with Crippen molar-refractivity contribution in [2.24, 2.45) is 0 Å². The van der Waals surface area contributed by atoms with Crippen LogP contribution in [-0.2, 0) is 6.42 Å². The van der Waals surface area contributed by atoms with Crippen LogP contribution in [0.2, 0.25) is 0 Å². The first-order valence-corrected chi connectivity index (χ1v) is 9.02. The average molecular weight is 350 g/mol. The second-order valence-corrected chi connectivity index (χ2v) is 6.53. The molecule has 0 atom stereocenters. The van der Waals surface area contributed by atoms with Gasteiger partial charge in [-0.2, -0.15) is 13.2 Å². The predicted octanol–water partition coefficient (Wildman–Crippen LogP) is 6.07. The van der Waals surface area contributed by atoms with E-state index in [1.807, 2.05) is 5.38 Å². The SMILES string of the molecule is CCCCCCCCCCc1csc(NC(=O)NC(F)(F)F)c1. The molecule has 1 aromatic heterocycles. The van der Waals surface area contributed by atoms with Gasteiger partial charge in [0.25, 0.3) is 0 Å². The first-order chi connectivity index (χ1) is 10.9. The molecule has 0 aliphatic carbocycles. The van der Waals surface area contributed by atoms with Gasteiger partial charge in [0, 0.05) is 0 Å². The second kappa shape index (κ2) is 10.5. The van der Waals surface area contributed by atoms with Crippen LogP contribution in [-0.4, -0.2) is 12.3 Å². The van der Waals surface area contributed by atoms with E-state index in [0.717, 1.165) is 23.7 Å². The summed E-state index contributed by atoms with van der Waals surface area (Å²) in [6.07, 6.45) is 6.11. The number of nitrogens with one attached hydrogen (secondary N) is 2. The minimum absolute atomic E-state index is 0.432. The van der Waals surface area contributed by atoms with Gasteiger partial charge in [-0.05, 0) is 29.9 Å². The first kappa shape index (κ1) is 19.8. The lowest BCUT2D eigenvalue weighted by Gasteiger charge is -2.08. The number of aryl methyl sites for hydroxylation is 1. The maximum Gasteiger partial charge on any atom is 0.485 e. The molecule has 1 aromatic rings. The van der Waals surface area contributed by atoms with Gasteiger partial charge in [-0.15, -0.1) is 11.3 Å². The molecule has 0 aliphatic heterocycles. The van der Waals surface area contributed by atoms with Crippen molar-refractivity contribution < 1.29 is 18.0 Å². The molecule has 0 saturated carbocycles. The van der Waals surface area contributed by atoms with Gasteiger partial charge in [-0.25, -0.2) is 10.1 Å². The van der Waals surface area contributed by atoms with Crippen molar-refractivity contribution in [2.45, 2.75) is 71.0 Å². The molecule has 1 heterocycles. The Morgan fingerprint density at radius 3 is 2.30 bits per heavy atom. The van der Waals surface area contributed by atoms with Crippen LogP contribution in [0.25, 0.3) is 0 Å². The topological polar surface area (TPSA) is 41.1 Å². The summed E-state index contributed by atoms with van der Waals surface area (Å²) in [5.74, 6) is 0. The van der Waals surface area contributed by atoms with Gasteiger partial charge in [0.2, 0.25) is 0 Å². The third-order valence-corrected chi connectivity index (χ3v) is 4.36. The van der Waals surface area contributed by atoms with E-state index in [2.05, 4.69) is 12.2 Å². The Labute approximate surface area is 139 Å². The Bertz CT molecular complexity index is 460. The Morgan fingerprint density at radius 1 is 1.09 bits per heavy atom. The van der Waals surface area contributed by atoms with Crippen LogP contribution in [0.15, 0.2) is 11.4 Å². The summed E-state index contributed by atoms with van der Waals surface area (Å²) in [5.41, 5.74) is 1.06. The number of carbonyl (C=O) groups excluding carboxylic acids is 1. The monoisotopic (exact) mass is 350 g/mol. The largest absolute Gasteiger partial charge is 0.485 e. The van der Waals surface area contributed by atoms with Gasteiger partial charge in [0.05, 0.1) is 5.00 Å². The fraction of sp³-hybridized carbons (Fsp3) is 0.688. The lowest BCUT2D eigenvalue weighted by Crippen LogP contribution is -2.39. The standard InChI is InChI=1S/C16H25F3N2OS/c1-2-3-4-5-6-7-8-9-10-13-11-14(23-12-13)20-15(22)21-16(17,18)19/h11-12H,2-10H2,1H3,(H2,20,21,22). The smallest absolute Gasteiger partial charge is 0.299 e. The molecule has 2 N–H and O–H groups in total. The van der Waals surface area contributed by atoms with Crippen LogP contribution in [0.5, 0.6) is 0 Å². The van der Waals surface area contributed by atoms with Crippen molar-refractivity contribution in [2.75, 3.05) is 5.32 Å². The van der Waals surface area contributed by atoms with Crippen LogP contribution < -0.4 is 10.6 Å². The van der Waals surface area contributed by atoms with E-state index in [-0.39, 0.29) is 0 Å². The van der Waals surface area contributed by atoms with E-state index >= 15 is 0 Å². The highest BCUT2D eigenvalue weighted by molar-refractivity contribution is 7.14. The third-order valence-electron chi connectivity index (χ3n) is 3.46. The predicted molar refractivity (Wildman–Crippen MR) is 88.8 cm³/mol. The number of hydrogen-bond acceptors (Lipinski definition) is 2. The summed E-state index contributed by atoms with van der Waals surface area (Å²) >= 11 is 1.24. The number of amides is 2. The molecule has 1 rings (SSSR count). The van der Waals surface area contributed by atoms with Crippen molar-refractivity contribution >= 4 is 22.4 Å². The van der Waals surface area contributed by atoms with Gasteiger partial charge >= 0.3 is 12.3 Å². The van der Waals surface area contributed by atoms with Crippen LogP contribution in [0.3, 0.4) is 0 Å². The fourth-order valence-electron chi connectivity index (χ4n) is 2.31. The number of hydrogen-bond donors (Lipinski definition) is 2.